The lowest BCUT2D eigenvalue weighted by molar-refractivity contribution is -0.142. The maximum Gasteiger partial charge on any atom is 0.401 e. The largest absolute Gasteiger partial charge is 0.401 e. The third kappa shape index (κ3) is 12.6. The number of aliphatic imine (C=N–C) groups is 1. The number of piperidine rings is 1. The minimum Gasteiger partial charge on any atom is -0.355 e. The highest BCUT2D eigenvalue weighted by molar-refractivity contribution is 14.0. The van der Waals surface area contributed by atoms with Gasteiger partial charge in [-0.1, -0.05) is 6.92 Å². The molecule has 0 unspecified atom stereocenters. The first-order valence-electron chi connectivity index (χ1n) is 9.45. The Morgan fingerprint density at radius 2 is 1.86 bits per heavy atom. The van der Waals surface area contributed by atoms with Crippen LogP contribution in [0, 0.1) is 0 Å². The summed E-state index contributed by atoms with van der Waals surface area (Å²) < 4.78 is 36.9. The van der Waals surface area contributed by atoms with Crippen LogP contribution in [0.4, 0.5) is 13.2 Å². The SMILES string of the molecule is CCCNC(=O)CN1CCC(NC(=NC)NCCN(C)CC(F)(F)F)CC1.I. The lowest BCUT2D eigenvalue weighted by Gasteiger charge is -2.32. The van der Waals surface area contributed by atoms with E-state index >= 15 is 0 Å². The number of halogens is 4. The van der Waals surface area contributed by atoms with E-state index in [0.29, 0.717) is 25.6 Å². The van der Waals surface area contributed by atoms with Gasteiger partial charge in [0.2, 0.25) is 5.91 Å². The van der Waals surface area contributed by atoms with Crippen molar-refractivity contribution in [3.8, 4) is 0 Å². The predicted molar refractivity (Wildman–Crippen MR) is 116 cm³/mol. The molecule has 1 rings (SSSR count). The van der Waals surface area contributed by atoms with Gasteiger partial charge in [-0.15, -0.1) is 24.0 Å². The molecule has 166 valence electrons. The summed E-state index contributed by atoms with van der Waals surface area (Å²) in [4.78, 5) is 19.2. The van der Waals surface area contributed by atoms with Gasteiger partial charge in [0.25, 0.3) is 0 Å². The van der Waals surface area contributed by atoms with E-state index in [2.05, 4.69) is 25.8 Å². The van der Waals surface area contributed by atoms with Crippen LogP contribution in [0.25, 0.3) is 0 Å². The number of rotatable bonds is 9. The Morgan fingerprint density at radius 3 is 2.39 bits per heavy atom. The van der Waals surface area contributed by atoms with Gasteiger partial charge in [0.1, 0.15) is 0 Å². The fraction of sp³-hybridized carbons (Fsp3) is 0.882. The highest BCUT2D eigenvalue weighted by atomic mass is 127. The van der Waals surface area contributed by atoms with Crippen LogP contribution in [0.5, 0.6) is 0 Å². The van der Waals surface area contributed by atoms with E-state index in [9.17, 15) is 18.0 Å². The number of alkyl halides is 3. The Hall–Kier alpha value is -0.820. The predicted octanol–water partition coefficient (Wildman–Crippen LogP) is 1.25. The van der Waals surface area contributed by atoms with Crippen LogP contribution in [-0.2, 0) is 4.79 Å². The van der Waals surface area contributed by atoms with Gasteiger partial charge in [-0.2, -0.15) is 13.2 Å². The summed E-state index contributed by atoms with van der Waals surface area (Å²) in [5, 5.41) is 9.24. The average Bonchev–Trinajstić information content (AvgIpc) is 2.59. The van der Waals surface area contributed by atoms with Crippen molar-refractivity contribution in [2.45, 2.75) is 38.4 Å². The van der Waals surface area contributed by atoms with E-state index in [1.165, 1.54) is 11.9 Å². The van der Waals surface area contributed by atoms with Crippen LogP contribution >= 0.6 is 24.0 Å². The van der Waals surface area contributed by atoms with Crippen molar-refractivity contribution in [2.75, 3.05) is 59.9 Å². The molecule has 3 N–H and O–H groups in total. The van der Waals surface area contributed by atoms with E-state index in [0.717, 1.165) is 32.4 Å². The van der Waals surface area contributed by atoms with Gasteiger partial charge in [-0.25, -0.2) is 0 Å². The minimum absolute atomic E-state index is 0. The van der Waals surface area contributed by atoms with Gasteiger partial charge >= 0.3 is 6.18 Å². The van der Waals surface area contributed by atoms with E-state index in [4.69, 9.17) is 0 Å². The smallest absolute Gasteiger partial charge is 0.355 e. The molecule has 1 heterocycles. The van der Waals surface area contributed by atoms with Crippen LogP contribution in [0.3, 0.4) is 0 Å². The molecule has 28 heavy (non-hydrogen) atoms. The molecule has 0 aromatic carbocycles. The average molecular weight is 522 g/mol. The summed E-state index contributed by atoms with van der Waals surface area (Å²) in [5.74, 6) is 0.651. The molecule has 0 aromatic rings. The Kier molecular flexibility index (Phi) is 13.8. The molecule has 0 spiro atoms. The monoisotopic (exact) mass is 522 g/mol. The lowest BCUT2D eigenvalue weighted by atomic mass is 10.1. The van der Waals surface area contributed by atoms with E-state index in [-0.39, 0.29) is 42.5 Å². The standard InChI is InChI=1S/C17H33F3N6O.HI/c1-4-7-22-15(27)12-26-9-5-14(6-10-26)24-16(21-2)23-8-11-25(3)13-17(18,19)20;/h14H,4-13H2,1-3H3,(H,22,27)(H2,21,23,24);1H. The molecular weight excluding hydrogens is 488 g/mol. The number of likely N-dealkylation sites (N-methyl/N-ethyl adjacent to an activating group) is 1. The third-order valence-electron chi connectivity index (χ3n) is 4.33. The first kappa shape index (κ1) is 27.2. The van der Waals surface area contributed by atoms with Crippen molar-refractivity contribution in [3.05, 3.63) is 0 Å². The van der Waals surface area contributed by atoms with E-state index in [1.54, 1.807) is 7.05 Å². The van der Waals surface area contributed by atoms with Crippen LogP contribution in [0.1, 0.15) is 26.2 Å². The number of carbonyl (C=O) groups is 1. The second-order valence-electron chi connectivity index (χ2n) is 6.90. The van der Waals surface area contributed by atoms with Crippen molar-refractivity contribution in [2.24, 2.45) is 4.99 Å². The maximum atomic E-state index is 12.3. The summed E-state index contributed by atoms with van der Waals surface area (Å²) in [6, 6.07) is 0.235. The summed E-state index contributed by atoms with van der Waals surface area (Å²) in [5.41, 5.74) is 0. The summed E-state index contributed by atoms with van der Waals surface area (Å²) in [7, 11) is 3.08. The second kappa shape index (κ2) is 14.2. The molecule has 0 saturated carbocycles. The third-order valence-corrected chi connectivity index (χ3v) is 4.33. The number of carbonyl (C=O) groups excluding carboxylic acids is 1. The van der Waals surface area contributed by atoms with Crippen molar-refractivity contribution in [3.63, 3.8) is 0 Å². The molecule has 1 aliphatic heterocycles. The number of amides is 1. The molecule has 0 atom stereocenters. The number of hydrogen-bond donors (Lipinski definition) is 3. The normalized spacial score (nSPS) is 16.6. The molecule has 1 saturated heterocycles. The Labute approximate surface area is 182 Å². The fourth-order valence-corrected chi connectivity index (χ4v) is 2.90. The van der Waals surface area contributed by atoms with Crippen LogP contribution < -0.4 is 16.0 Å². The van der Waals surface area contributed by atoms with Gasteiger partial charge < -0.3 is 16.0 Å². The number of nitrogens with one attached hydrogen (secondary N) is 3. The number of likely N-dealkylation sites (tertiary alicyclic amines) is 1. The maximum absolute atomic E-state index is 12.3. The summed E-state index contributed by atoms with van der Waals surface area (Å²) in [6.45, 7) is 4.51. The second-order valence-corrected chi connectivity index (χ2v) is 6.90. The van der Waals surface area contributed by atoms with Gasteiger partial charge in [-0.05, 0) is 26.3 Å². The molecule has 11 heteroatoms. The number of hydrogen-bond acceptors (Lipinski definition) is 4. The molecule has 0 aromatic heterocycles. The first-order chi connectivity index (χ1) is 12.7. The number of guanidine groups is 1. The Morgan fingerprint density at radius 1 is 1.21 bits per heavy atom. The van der Waals surface area contributed by atoms with E-state index < -0.39 is 12.7 Å². The zero-order valence-electron chi connectivity index (χ0n) is 16.9. The number of nitrogens with zero attached hydrogens (tertiary/aromatic N) is 3. The summed E-state index contributed by atoms with van der Waals surface area (Å²) >= 11 is 0. The summed E-state index contributed by atoms with van der Waals surface area (Å²) in [6.07, 6.45) is -1.49. The molecule has 1 amide bonds. The van der Waals surface area contributed by atoms with Crippen LogP contribution in [0.2, 0.25) is 0 Å². The van der Waals surface area contributed by atoms with Crippen LogP contribution in [0.15, 0.2) is 4.99 Å². The van der Waals surface area contributed by atoms with E-state index in [1.807, 2.05) is 6.92 Å². The van der Waals surface area contributed by atoms with Gasteiger partial charge in [0.15, 0.2) is 5.96 Å². The highest BCUT2D eigenvalue weighted by Gasteiger charge is 2.29. The van der Waals surface area contributed by atoms with Gasteiger partial charge in [-0.3, -0.25) is 19.6 Å². The zero-order valence-corrected chi connectivity index (χ0v) is 19.3. The van der Waals surface area contributed by atoms with Crippen molar-refractivity contribution in [1.82, 2.24) is 25.8 Å². The molecule has 0 bridgehead atoms. The quantitative estimate of drug-likeness (QED) is 0.242. The van der Waals surface area contributed by atoms with Crippen molar-refractivity contribution >= 4 is 35.8 Å². The Balaban J connectivity index is 0.00000729. The molecular formula is C17H34F3IN6O. The fourth-order valence-electron chi connectivity index (χ4n) is 2.90. The molecule has 0 aliphatic carbocycles. The molecule has 1 fully saturated rings. The Bertz CT molecular complexity index is 470. The topological polar surface area (TPSA) is 72.0 Å². The lowest BCUT2D eigenvalue weighted by Crippen LogP contribution is -2.51. The minimum atomic E-state index is -4.18. The van der Waals surface area contributed by atoms with Crippen LogP contribution in [-0.4, -0.2) is 93.8 Å². The van der Waals surface area contributed by atoms with Crippen molar-refractivity contribution in [1.29, 1.82) is 0 Å². The first-order valence-corrected chi connectivity index (χ1v) is 9.45. The highest BCUT2D eigenvalue weighted by Crippen LogP contribution is 2.15. The molecule has 0 radical (unpaired) electrons. The van der Waals surface area contributed by atoms with Gasteiger partial charge in [0, 0.05) is 45.8 Å². The zero-order chi connectivity index (χ0) is 20.3. The molecule has 7 nitrogen and oxygen atoms in total. The molecule has 1 aliphatic rings. The van der Waals surface area contributed by atoms with Gasteiger partial charge in [0.05, 0.1) is 13.1 Å². The van der Waals surface area contributed by atoms with Crippen molar-refractivity contribution < 1.29 is 18.0 Å².